The van der Waals surface area contributed by atoms with Gasteiger partial charge in [0, 0.05) is 71.7 Å². The number of ether oxygens (including phenoxy) is 2. The third kappa shape index (κ3) is 6.03. The second-order valence-corrected chi connectivity index (χ2v) is 8.13. The van der Waals surface area contributed by atoms with Crippen LogP contribution >= 0.6 is 0 Å². The largest absolute Gasteiger partial charge is 0.381 e. The monoisotopic (exact) mass is 417 g/mol. The van der Waals surface area contributed by atoms with Gasteiger partial charge in [-0.25, -0.2) is 0 Å². The molecule has 0 unspecified atom stereocenters. The van der Waals surface area contributed by atoms with Gasteiger partial charge in [-0.1, -0.05) is 18.2 Å². The lowest BCUT2D eigenvalue weighted by atomic mass is 10.1. The standard InChI is InChI=1S/C23H35N3O4/c1-19(27)26-14-6-12-24(21-9-15-30-16-10-21)11-5-13-25(23(28)18-29-2)17-20-7-3-4-8-22(20)26/h3-4,7-8,21H,5-6,9-18H2,1-2H3. The molecule has 2 aliphatic rings. The highest BCUT2D eigenvalue weighted by atomic mass is 16.5. The summed E-state index contributed by atoms with van der Waals surface area (Å²) in [6.45, 7) is 7.05. The second-order valence-electron chi connectivity index (χ2n) is 8.13. The number of rotatable bonds is 3. The Labute approximate surface area is 179 Å². The van der Waals surface area contributed by atoms with E-state index in [0.29, 0.717) is 25.7 Å². The normalized spacial score (nSPS) is 20.2. The average molecular weight is 418 g/mol. The molecule has 0 radical (unpaired) electrons. The van der Waals surface area contributed by atoms with Crippen LogP contribution in [0.1, 0.15) is 38.2 Å². The zero-order valence-electron chi connectivity index (χ0n) is 18.3. The van der Waals surface area contributed by atoms with E-state index in [1.54, 1.807) is 14.0 Å². The molecular weight excluding hydrogens is 382 g/mol. The van der Waals surface area contributed by atoms with E-state index in [1.807, 2.05) is 34.1 Å². The van der Waals surface area contributed by atoms with Crippen LogP contribution in [0.25, 0.3) is 0 Å². The van der Waals surface area contributed by atoms with E-state index in [0.717, 1.165) is 63.2 Å². The molecule has 3 rings (SSSR count). The van der Waals surface area contributed by atoms with Crippen LogP contribution in [0.5, 0.6) is 0 Å². The highest BCUT2D eigenvalue weighted by Crippen LogP contribution is 2.24. The van der Waals surface area contributed by atoms with Crippen LogP contribution in [0, 0.1) is 0 Å². The number of hydrogen-bond acceptors (Lipinski definition) is 5. The zero-order valence-corrected chi connectivity index (χ0v) is 18.3. The first-order chi connectivity index (χ1) is 14.6. The minimum absolute atomic E-state index is 0.0173. The SMILES string of the molecule is COCC(=O)N1CCCN(C2CCOCC2)CCCN(C(C)=O)c2ccccc2C1. The van der Waals surface area contributed by atoms with Gasteiger partial charge in [-0.15, -0.1) is 0 Å². The molecule has 1 aromatic rings. The van der Waals surface area contributed by atoms with Crippen LogP contribution in [0.4, 0.5) is 5.69 Å². The highest BCUT2D eigenvalue weighted by molar-refractivity contribution is 5.92. The molecule has 0 aliphatic carbocycles. The van der Waals surface area contributed by atoms with Crippen molar-refractivity contribution in [3.63, 3.8) is 0 Å². The Hall–Kier alpha value is -1.96. The van der Waals surface area contributed by atoms with Crippen molar-refractivity contribution in [1.29, 1.82) is 0 Å². The summed E-state index contributed by atoms with van der Waals surface area (Å²) in [6, 6.07) is 8.43. The molecule has 2 aliphatic heterocycles. The Morgan fingerprint density at radius 2 is 1.77 bits per heavy atom. The Balaban J connectivity index is 1.85. The lowest BCUT2D eigenvalue weighted by molar-refractivity contribution is -0.135. The Morgan fingerprint density at radius 3 is 2.47 bits per heavy atom. The maximum Gasteiger partial charge on any atom is 0.248 e. The van der Waals surface area contributed by atoms with Gasteiger partial charge in [-0.05, 0) is 37.3 Å². The van der Waals surface area contributed by atoms with Crippen molar-refractivity contribution >= 4 is 17.5 Å². The van der Waals surface area contributed by atoms with E-state index >= 15 is 0 Å². The number of anilines is 1. The maximum absolute atomic E-state index is 12.7. The van der Waals surface area contributed by atoms with Gasteiger partial charge in [0.1, 0.15) is 6.61 Å². The number of carbonyl (C=O) groups excluding carboxylic acids is 2. The molecular formula is C23H35N3O4. The number of para-hydroxylation sites is 1. The summed E-state index contributed by atoms with van der Waals surface area (Å²) >= 11 is 0. The van der Waals surface area contributed by atoms with E-state index in [-0.39, 0.29) is 18.4 Å². The fourth-order valence-electron chi connectivity index (χ4n) is 4.49. The van der Waals surface area contributed by atoms with E-state index in [4.69, 9.17) is 9.47 Å². The number of fused-ring (bicyclic) bond motifs is 1. The van der Waals surface area contributed by atoms with E-state index in [1.165, 1.54) is 0 Å². The first-order valence-electron chi connectivity index (χ1n) is 11.0. The predicted molar refractivity (Wildman–Crippen MR) is 116 cm³/mol. The Kier molecular flexibility index (Phi) is 8.66. The minimum Gasteiger partial charge on any atom is -0.381 e. The molecule has 30 heavy (non-hydrogen) atoms. The van der Waals surface area contributed by atoms with Crippen molar-refractivity contribution in [2.75, 3.05) is 58.0 Å². The second kappa shape index (κ2) is 11.4. The molecule has 7 nitrogen and oxygen atoms in total. The summed E-state index contributed by atoms with van der Waals surface area (Å²) in [4.78, 5) is 31.4. The van der Waals surface area contributed by atoms with E-state index in [9.17, 15) is 9.59 Å². The molecule has 0 aromatic heterocycles. The van der Waals surface area contributed by atoms with Gasteiger partial charge in [-0.2, -0.15) is 0 Å². The quantitative estimate of drug-likeness (QED) is 0.755. The summed E-state index contributed by atoms with van der Waals surface area (Å²) < 4.78 is 10.7. The van der Waals surface area contributed by atoms with E-state index < -0.39 is 0 Å². The van der Waals surface area contributed by atoms with Crippen molar-refractivity contribution in [3.05, 3.63) is 29.8 Å². The molecule has 0 atom stereocenters. The molecule has 1 fully saturated rings. The molecule has 2 amide bonds. The highest BCUT2D eigenvalue weighted by Gasteiger charge is 2.24. The van der Waals surface area contributed by atoms with Crippen LogP contribution < -0.4 is 4.90 Å². The lowest BCUT2D eigenvalue weighted by Crippen LogP contribution is -2.44. The molecule has 1 saturated heterocycles. The summed E-state index contributed by atoms with van der Waals surface area (Å²) in [5.41, 5.74) is 1.90. The Morgan fingerprint density at radius 1 is 1.07 bits per heavy atom. The number of amides is 2. The molecule has 0 saturated carbocycles. The smallest absolute Gasteiger partial charge is 0.248 e. The van der Waals surface area contributed by atoms with Crippen LogP contribution in [0.3, 0.4) is 0 Å². The first-order valence-corrected chi connectivity index (χ1v) is 11.0. The van der Waals surface area contributed by atoms with E-state index in [2.05, 4.69) is 4.90 Å². The number of carbonyl (C=O) groups is 2. The summed E-state index contributed by atoms with van der Waals surface area (Å²) in [6.07, 6.45) is 3.94. The first kappa shape index (κ1) is 22.7. The number of benzene rings is 1. The zero-order chi connectivity index (χ0) is 21.3. The minimum atomic E-state index is -0.0173. The number of nitrogens with zero attached hydrogens (tertiary/aromatic N) is 3. The predicted octanol–water partition coefficient (Wildman–Crippen LogP) is 2.29. The molecule has 1 aromatic carbocycles. The van der Waals surface area contributed by atoms with Gasteiger partial charge < -0.3 is 24.2 Å². The molecule has 166 valence electrons. The summed E-state index contributed by atoms with van der Waals surface area (Å²) in [7, 11) is 1.55. The fourth-order valence-corrected chi connectivity index (χ4v) is 4.49. The lowest BCUT2D eigenvalue weighted by Gasteiger charge is -2.36. The van der Waals surface area contributed by atoms with Crippen LogP contribution in [0.15, 0.2) is 24.3 Å². The molecule has 0 N–H and O–H groups in total. The number of methoxy groups -OCH3 is 1. The summed E-state index contributed by atoms with van der Waals surface area (Å²) in [5.74, 6) is 0.0169. The van der Waals surface area contributed by atoms with Crippen molar-refractivity contribution in [2.45, 2.75) is 45.2 Å². The van der Waals surface area contributed by atoms with Crippen molar-refractivity contribution in [1.82, 2.24) is 9.80 Å². The molecule has 0 bridgehead atoms. The molecule has 0 spiro atoms. The maximum atomic E-state index is 12.7. The third-order valence-corrected chi connectivity index (χ3v) is 6.05. The van der Waals surface area contributed by atoms with Gasteiger partial charge in [0.15, 0.2) is 0 Å². The van der Waals surface area contributed by atoms with Crippen LogP contribution in [-0.4, -0.2) is 80.8 Å². The van der Waals surface area contributed by atoms with Gasteiger partial charge in [0.05, 0.1) is 0 Å². The van der Waals surface area contributed by atoms with Crippen LogP contribution in [0.2, 0.25) is 0 Å². The molecule has 2 heterocycles. The van der Waals surface area contributed by atoms with Crippen molar-refractivity contribution in [3.8, 4) is 0 Å². The summed E-state index contributed by atoms with van der Waals surface area (Å²) in [5, 5.41) is 0. The molecule has 7 heteroatoms. The van der Waals surface area contributed by atoms with Crippen molar-refractivity contribution < 1.29 is 19.1 Å². The van der Waals surface area contributed by atoms with Crippen LogP contribution in [-0.2, 0) is 25.6 Å². The average Bonchev–Trinajstić information content (AvgIpc) is 2.74. The van der Waals surface area contributed by atoms with Gasteiger partial charge in [0.25, 0.3) is 0 Å². The third-order valence-electron chi connectivity index (χ3n) is 6.05. The van der Waals surface area contributed by atoms with Gasteiger partial charge in [0.2, 0.25) is 11.8 Å². The number of hydrogen-bond donors (Lipinski definition) is 0. The topological polar surface area (TPSA) is 62.3 Å². The van der Waals surface area contributed by atoms with Gasteiger partial charge in [-0.3, -0.25) is 9.59 Å². The van der Waals surface area contributed by atoms with Crippen molar-refractivity contribution in [2.24, 2.45) is 0 Å². The van der Waals surface area contributed by atoms with Gasteiger partial charge >= 0.3 is 0 Å². The fraction of sp³-hybridized carbons (Fsp3) is 0.652. The Bertz CT molecular complexity index is 705.